The Hall–Kier alpha value is -3.06. The molecule has 3 aromatic rings. The third kappa shape index (κ3) is 5.71. The molecule has 152 valence electrons. The van der Waals surface area contributed by atoms with Crippen LogP contribution in [0.15, 0.2) is 52.9 Å². The summed E-state index contributed by atoms with van der Waals surface area (Å²) < 4.78 is 16.3. The van der Waals surface area contributed by atoms with E-state index >= 15 is 0 Å². The van der Waals surface area contributed by atoms with Crippen LogP contribution >= 0.6 is 11.3 Å². The Bertz CT molecular complexity index is 939. The van der Waals surface area contributed by atoms with E-state index in [9.17, 15) is 0 Å². The number of hydrogen-bond acceptors (Lipinski definition) is 7. The first-order valence-corrected chi connectivity index (χ1v) is 10.3. The van der Waals surface area contributed by atoms with Crippen LogP contribution < -0.4 is 19.6 Å². The largest absolute Gasteiger partial charge is 0.494 e. The normalized spacial score (nSPS) is 10.9. The van der Waals surface area contributed by atoms with E-state index < -0.39 is 0 Å². The second kappa shape index (κ2) is 10.5. The Labute approximate surface area is 175 Å². The van der Waals surface area contributed by atoms with Crippen LogP contribution in [-0.4, -0.2) is 32.0 Å². The number of unbranched alkanes of at least 4 members (excludes halogenated alkanes) is 1. The van der Waals surface area contributed by atoms with Crippen molar-refractivity contribution in [1.82, 2.24) is 4.98 Å². The lowest BCUT2D eigenvalue weighted by molar-refractivity contribution is 0.309. The van der Waals surface area contributed by atoms with Crippen molar-refractivity contribution in [3.8, 4) is 28.5 Å². The zero-order valence-electron chi connectivity index (χ0n) is 16.8. The van der Waals surface area contributed by atoms with Crippen LogP contribution in [0.4, 0.5) is 5.13 Å². The van der Waals surface area contributed by atoms with Crippen molar-refractivity contribution in [3.63, 3.8) is 0 Å². The second-order valence-corrected chi connectivity index (χ2v) is 7.11. The van der Waals surface area contributed by atoms with E-state index in [4.69, 9.17) is 14.2 Å². The number of nitrogens with one attached hydrogen (secondary N) is 1. The zero-order valence-corrected chi connectivity index (χ0v) is 17.7. The van der Waals surface area contributed by atoms with Crippen LogP contribution in [0, 0.1) is 0 Å². The van der Waals surface area contributed by atoms with E-state index in [2.05, 4.69) is 22.4 Å². The van der Waals surface area contributed by atoms with Gasteiger partial charge in [-0.05, 0) is 54.4 Å². The summed E-state index contributed by atoms with van der Waals surface area (Å²) in [5.74, 6) is 2.24. The van der Waals surface area contributed by atoms with Crippen molar-refractivity contribution >= 4 is 22.7 Å². The highest BCUT2D eigenvalue weighted by Gasteiger charge is 2.09. The molecule has 1 heterocycles. The summed E-state index contributed by atoms with van der Waals surface area (Å²) in [6.07, 6.45) is 3.94. The van der Waals surface area contributed by atoms with Gasteiger partial charge in [0.05, 0.1) is 32.7 Å². The first kappa shape index (κ1) is 20.7. The topological polar surface area (TPSA) is 65.0 Å². The summed E-state index contributed by atoms with van der Waals surface area (Å²) in [6, 6.07) is 13.6. The molecule has 7 heteroatoms. The minimum atomic E-state index is 0.674. The van der Waals surface area contributed by atoms with Crippen LogP contribution in [0.25, 0.3) is 11.3 Å². The molecule has 0 saturated heterocycles. The predicted octanol–water partition coefficient (Wildman–Crippen LogP) is 5.45. The van der Waals surface area contributed by atoms with E-state index in [1.54, 1.807) is 20.4 Å². The zero-order chi connectivity index (χ0) is 20.5. The molecule has 0 spiro atoms. The van der Waals surface area contributed by atoms with Crippen molar-refractivity contribution in [1.29, 1.82) is 0 Å². The third-order valence-corrected chi connectivity index (χ3v) is 4.95. The molecular formula is C22H25N3O3S. The van der Waals surface area contributed by atoms with Crippen LogP contribution in [0.5, 0.6) is 17.2 Å². The summed E-state index contributed by atoms with van der Waals surface area (Å²) in [5, 5.41) is 6.96. The number of anilines is 1. The highest BCUT2D eigenvalue weighted by molar-refractivity contribution is 7.14. The smallest absolute Gasteiger partial charge is 0.203 e. The lowest BCUT2D eigenvalue weighted by Crippen LogP contribution is -1.96. The second-order valence-electron chi connectivity index (χ2n) is 6.25. The van der Waals surface area contributed by atoms with Gasteiger partial charge in [-0.1, -0.05) is 13.3 Å². The molecule has 0 radical (unpaired) electrons. The molecular weight excluding hydrogens is 386 g/mol. The van der Waals surface area contributed by atoms with Crippen LogP contribution in [-0.2, 0) is 0 Å². The first-order valence-electron chi connectivity index (χ1n) is 9.43. The standard InChI is InChI=1S/C22H25N3O3S/c1-4-5-12-28-18-9-6-16(7-10-18)14-23-25-22-24-19(15-29-22)17-8-11-20(26-2)21(13-17)27-3/h6-11,13-15H,4-5,12H2,1-3H3,(H,24,25)/b23-14-. The molecule has 0 bridgehead atoms. The maximum Gasteiger partial charge on any atom is 0.203 e. The summed E-state index contributed by atoms with van der Waals surface area (Å²) >= 11 is 1.49. The Kier molecular flexibility index (Phi) is 7.47. The van der Waals surface area contributed by atoms with Crippen LogP contribution in [0.1, 0.15) is 25.3 Å². The van der Waals surface area contributed by atoms with Gasteiger partial charge in [0.1, 0.15) is 5.75 Å². The summed E-state index contributed by atoms with van der Waals surface area (Å²) in [7, 11) is 3.24. The van der Waals surface area contributed by atoms with Gasteiger partial charge in [-0.25, -0.2) is 4.98 Å². The Balaban J connectivity index is 1.59. The Morgan fingerprint density at radius 2 is 1.86 bits per heavy atom. The van der Waals surface area contributed by atoms with Crippen molar-refractivity contribution < 1.29 is 14.2 Å². The van der Waals surface area contributed by atoms with E-state index in [1.165, 1.54) is 11.3 Å². The quantitative estimate of drug-likeness (QED) is 0.273. The minimum absolute atomic E-state index is 0.674. The SMILES string of the molecule is CCCCOc1ccc(/C=N\Nc2nc(-c3ccc(OC)c(OC)c3)cs2)cc1. The molecule has 0 aliphatic carbocycles. The van der Waals surface area contributed by atoms with Crippen molar-refractivity contribution in [2.45, 2.75) is 19.8 Å². The summed E-state index contributed by atoms with van der Waals surface area (Å²) in [6.45, 7) is 2.90. The fourth-order valence-corrected chi connectivity index (χ4v) is 3.27. The highest BCUT2D eigenvalue weighted by Crippen LogP contribution is 2.33. The van der Waals surface area contributed by atoms with Gasteiger partial charge in [0, 0.05) is 10.9 Å². The molecule has 29 heavy (non-hydrogen) atoms. The number of hydrogen-bond donors (Lipinski definition) is 1. The monoisotopic (exact) mass is 411 g/mol. The first-order chi connectivity index (χ1) is 14.2. The Morgan fingerprint density at radius 1 is 1.07 bits per heavy atom. The number of ether oxygens (including phenoxy) is 3. The van der Waals surface area contributed by atoms with Gasteiger partial charge in [-0.15, -0.1) is 11.3 Å². The van der Waals surface area contributed by atoms with Gasteiger partial charge in [0.25, 0.3) is 0 Å². The molecule has 2 aromatic carbocycles. The Morgan fingerprint density at radius 3 is 2.59 bits per heavy atom. The molecule has 0 aliphatic rings. The van der Waals surface area contributed by atoms with Crippen LogP contribution in [0.3, 0.4) is 0 Å². The molecule has 0 fully saturated rings. The molecule has 0 aliphatic heterocycles. The average molecular weight is 412 g/mol. The number of nitrogens with zero attached hydrogens (tertiary/aromatic N) is 2. The lowest BCUT2D eigenvalue weighted by atomic mass is 10.1. The van der Waals surface area contributed by atoms with Gasteiger partial charge >= 0.3 is 0 Å². The number of benzene rings is 2. The average Bonchev–Trinajstić information content (AvgIpc) is 3.23. The van der Waals surface area contributed by atoms with E-state index in [1.807, 2.05) is 47.8 Å². The lowest BCUT2D eigenvalue weighted by Gasteiger charge is -2.08. The van der Waals surface area contributed by atoms with Gasteiger partial charge < -0.3 is 14.2 Å². The van der Waals surface area contributed by atoms with Crippen molar-refractivity contribution in [2.24, 2.45) is 5.10 Å². The van der Waals surface area contributed by atoms with Gasteiger partial charge in [-0.3, -0.25) is 5.43 Å². The number of aromatic nitrogens is 1. The van der Waals surface area contributed by atoms with Gasteiger partial charge in [0.15, 0.2) is 11.5 Å². The summed E-state index contributed by atoms with van der Waals surface area (Å²) in [4.78, 5) is 4.58. The van der Waals surface area contributed by atoms with E-state index in [-0.39, 0.29) is 0 Å². The number of rotatable bonds is 10. The van der Waals surface area contributed by atoms with E-state index in [0.29, 0.717) is 16.6 Å². The van der Waals surface area contributed by atoms with Gasteiger partial charge in [-0.2, -0.15) is 5.10 Å². The molecule has 1 N–H and O–H groups in total. The molecule has 6 nitrogen and oxygen atoms in total. The maximum atomic E-state index is 5.67. The molecule has 3 rings (SSSR count). The molecule has 1 aromatic heterocycles. The number of thiazole rings is 1. The molecule has 0 unspecified atom stereocenters. The molecule has 0 atom stereocenters. The third-order valence-electron chi connectivity index (χ3n) is 4.20. The minimum Gasteiger partial charge on any atom is -0.494 e. The summed E-state index contributed by atoms with van der Waals surface area (Å²) in [5.41, 5.74) is 5.77. The van der Waals surface area contributed by atoms with Crippen molar-refractivity contribution in [3.05, 3.63) is 53.4 Å². The maximum absolute atomic E-state index is 5.67. The number of hydrazone groups is 1. The molecule has 0 amide bonds. The fourth-order valence-electron chi connectivity index (χ4n) is 2.60. The fraction of sp³-hybridized carbons (Fsp3) is 0.273. The van der Waals surface area contributed by atoms with Crippen molar-refractivity contribution in [2.75, 3.05) is 26.3 Å². The van der Waals surface area contributed by atoms with Gasteiger partial charge in [0.2, 0.25) is 5.13 Å². The molecule has 0 saturated carbocycles. The highest BCUT2D eigenvalue weighted by atomic mass is 32.1. The number of methoxy groups -OCH3 is 2. The van der Waals surface area contributed by atoms with Crippen LogP contribution in [0.2, 0.25) is 0 Å². The van der Waals surface area contributed by atoms with E-state index in [0.717, 1.165) is 42.0 Å². The predicted molar refractivity (Wildman–Crippen MR) is 119 cm³/mol.